The second-order valence-corrected chi connectivity index (χ2v) is 5.22. The van der Waals surface area contributed by atoms with E-state index in [2.05, 4.69) is 15.8 Å². The fourth-order valence-corrected chi connectivity index (χ4v) is 2.05. The van der Waals surface area contributed by atoms with E-state index in [0.717, 1.165) is 23.4 Å². The molecule has 19 heavy (non-hydrogen) atoms. The Labute approximate surface area is 113 Å². The maximum atomic E-state index is 11.8. The predicted octanol–water partition coefficient (Wildman–Crippen LogP) is 2.67. The molecule has 102 valence electrons. The van der Waals surface area contributed by atoms with Gasteiger partial charge in [-0.05, 0) is 38.5 Å². The van der Waals surface area contributed by atoms with Crippen molar-refractivity contribution in [2.24, 2.45) is 5.16 Å². The highest BCUT2D eigenvalue weighted by Gasteiger charge is 2.32. The zero-order chi connectivity index (χ0) is 13.9. The summed E-state index contributed by atoms with van der Waals surface area (Å²) < 4.78 is 0. The Morgan fingerprint density at radius 3 is 2.89 bits per heavy atom. The fraction of sp³-hybridized carbons (Fsp3) is 0.429. The topological polar surface area (TPSA) is 62.7 Å². The number of carbonyl (C=O) groups excluding carboxylic acids is 1. The highest BCUT2D eigenvalue weighted by atomic mass is 16.7. The number of hydrogen-bond acceptors (Lipinski definition) is 3. The number of nitrogens with zero attached hydrogens (tertiary/aromatic N) is 1. The van der Waals surface area contributed by atoms with Crippen LogP contribution in [0.5, 0.6) is 0 Å². The zero-order valence-corrected chi connectivity index (χ0v) is 11.5. The summed E-state index contributed by atoms with van der Waals surface area (Å²) in [6, 6.07) is 7.42. The molecule has 0 radical (unpaired) electrons. The molecule has 1 heterocycles. The van der Waals surface area contributed by atoms with Gasteiger partial charge in [-0.2, -0.15) is 0 Å². The van der Waals surface area contributed by atoms with Crippen LogP contribution in [0.15, 0.2) is 29.4 Å². The Hall–Kier alpha value is -2.04. The summed E-state index contributed by atoms with van der Waals surface area (Å²) in [5.74, 6) is 0. The van der Waals surface area contributed by atoms with Crippen molar-refractivity contribution in [3.63, 3.8) is 0 Å². The van der Waals surface area contributed by atoms with Crippen molar-refractivity contribution in [3.05, 3.63) is 29.8 Å². The molecule has 0 spiro atoms. The summed E-state index contributed by atoms with van der Waals surface area (Å²) in [5.41, 5.74) is 2.40. The van der Waals surface area contributed by atoms with Crippen molar-refractivity contribution in [1.29, 1.82) is 0 Å². The van der Waals surface area contributed by atoms with Crippen LogP contribution in [0.3, 0.4) is 0 Å². The van der Waals surface area contributed by atoms with Crippen molar-refractivity contribution < 1.29 is 9.63 Å². The molecule has 2 N–H and O–H groups in total. The number of rotatable bonds is 3. The molecule has 1 aromatic carbocycles. The van der Waals surface area contributed by atoms with Crippen LogP contribution in [0.4, 0.5) is 10.5 Å². The third-order valence-corrected chi connectivity index (χ3v) is 2.95. The average Bonchev–Trinajstić information content (AvgIpc) is 2.68. The van der Waals surface area contributed by atoms with Gasteiger partial charge in [-0.25, -0.2) is 4.79 Å². The molecule has 0 aliphatic carbocycles. The lowest BCUT2D eigenvalue weighted by molar-refractivity contribution is -0.0000960. The average molecular weight is 261 g/mol. The number of carbonyl (C=O) groups is 1. The first-order chi connectivity index (χ1) is 8.97. The van der Waals surface area contributed by atoms with Gasteiger partial charge in [0.2, 0.25) is 0 Å². The minimum atomic E-state index is -0.436. The third kappa shape index (κ3) is 3.71. The van der Waals surface area contributed by atoms with Crippen LogP contribution in [0.2, 0.25) is 0 Å². The molecule has 1 atom stereocenters. The van der Waals surface area contributed by atoms with E-state index in [1.165, 1.54) is 0 Å². The molecule has 1 aliphatic heterocycles. The molecule has 1 aromatic rings. The summed E-state index contributed by atoms with van der Waals surface area (Å²) >= 11 is 0. The fourth-order valence-electron chi connectivity index (χ4n) is 2.05. The van der Waals surface area contributed by atoms with Crippen LogP contribution in [0.25, 0.3) is 0 Å². The van der Waals surface area contributed by atoms with Crippen molar-refractivity contribution in [2.45, 2.75) is 32.8 Å². The minimum Gasteiger partial charge on any atom is -0.387 e. The first kappa shape index (κ1) is 13.4. The van der Waals surface area contributed by atoms with E-state index in [9.17, 15) is 4.79 Å². The van der Waals surface area contributed by atoms with Gasteiger partial charge in [0.1, 0.15) is 0 Å². The molecule has 0 unspecified atom stereocenters. The Balaban J connectivity index is 1.82. The van der Waals surface area contributed by atoms with Crippen LogP contribution in [0.1, 0.15) is 25.8 Å². The van der Waals surface area contributed by atoms with Gasteiger partial charge in [-0.3, -0.25) is 0 Å². The van der Waals surface area contributed by atoms with E-state index in [-0.39, 0.29) is 6.03 Å². The maximum Gasteiger partial charge on any atom is 0.319 e. The minimum absolute atomic E-state index is 0.236. The number of urea groups is 1. The quantitative estimate of drug-likeness (QED) is 0.878. The van der Waals surface area contributed by atoms with Crippen molar-refractivity contribution in [3.8, 4) is 0 Å². The molecular formula is C14H19N3O2. The second kappa shape index (κ2) is 5.30. The van der Waals surface area contributed by atoms with Gasteiger partial charge >= 0.3 is 6.03 Å². The smallest absolute Gasteiger partial charge is 0.319 e. The number of benzene rings is 1. The monoisotopic (exact) mass is 261 g/mol. The Kier molecular flexibility index (Phi) is 3.74. The van der Waals surface area contributed by atoms with Gasteiger partial charge in [0, 0.05) is 12.1 Å². The van der Waals surface area contributed by atoms with Crippen LogP contribution < -0.4 is 10.6 Å². The maximum absolute atomic E-state index is 11.8. The molecule has 5 heteroatoms. The summed E-state index contributed by atoms with van der Waals surface area (Å²) in [4.78, 5) is 17.1. The van der Waals surface area contributed by atoms with Crippen molar-refractivity contribution in [2.75, 3.05) is 11.9 Å². The number of aryl methyl sites for hydroxylation is 1. The van der Waals surface area contributed by atoms with E-state index in [4.69, 9.17) is 4.84 Å². The Morgan fingerprint density at radius 1 is 1.47 bits per heavy atom. The molecule has 1 aliphatic rings. The first-order valence-corrected chi connectivity index (χ1v) is 6.30. The normalized spacial score (nSPS) is 21.5. The van der Waals surface area contributed by atoms with Crippen LogP contribution >= 0.6 is 0 Å². The van der Waals surface area contributed by atoms with Crippen LogP contribution in [-0.4, -0.2) is 23.9 Å². The molecule has 0 saturated carbocycles. The van der Waals surface area contributed by atoms with Gasteiger partial charge < -0.3 is 15.5 Å². The van der Waals surface area contributed by atoms with E-state index < -0.39 is 5.60 Å². The lowest BCUT2D eigenvalue weighted by Gasteiger charge is -2.21. The summed E-state index contributed by atoms with van der Waals surface area (Å²) in [6.45, 7) is 6.25. The number of hydrogen-bond donors (Lipinski definition) is 2. The highest BCUT2D eigenvalue weighted by molar-refractivity contribution is 5.89. The van der Waals surface area contributed by atoms with Gasteiger partial charge in [-0.15, -0.1) is 0 Å². The van der Waals surface area contributed by atoms with Gasteiger partial charge in [-0.1, -0.05) is 17.3 Å². The van der Waals surface area contributed by atoms with Crippen LogP contribution in [0, 0.1) is 6.92 Å². The zero-order valence-electron chi connectivity index (χ0n) is 11.5. The Morgan fingerprint density at radius 2 is 2.26 bits per heavy atom. The second-order valence-electron chi connectivity index (χ2n) is 5.22. The van der Waals surface area contributed by atoms with Crippen molar-refractivity contribution >= 4 is 17.4 Å². The predicted molar refractivity (Wildman–Crippen MR) is 75.4 cm³/mol. The molecule has 0 aromatic heterocycles. The van der Waals surface area contributed by atoms with Gasteiger partial charge in [0.05, 0.1) is 12.3 Å². The largest absolute Gasteiger partial charge is 0.387 e. The Bertz CT molecular complexity index is 513. The lowest BCUT2D eigenvalue weighted by atomic mass is 10.0. The van der Waals surface area contributed by atoms with Gasteiger partial charge in [0.25, 0.3) is 0 Å². The summed E-state index contributed by atoms with van der Waals surface area (Å²) in [6.07, 6.45) is 0.734. The molecule has 0 bridgehead atoms. The molecule has 5 nitrogen and oxygen atoms in total. The number of oxime groups is 1. The highest BCUT2D eigenvalue weighted by Crippen LogP contribution is 2.22. The van der Waals surface area contributed by atoms with Gasteiger partial charge in [0.15, 0.2) is 5.60 Å². The SMILES string of the molecule is CC1=NO[C@](C)(CNC(=O)Nc2cccc(C)c2)C1. The molecule has 2 rings (SSSR count). The standard InChI is InChI=1S/C14H19N3O2/c1-10-5-4-6-12(7-10)16-13(18)15-9-14(3)8-11(2)17-19-14/h4-7H,8-9H2,1-3H3,(H2,15,16,18)/t14-/m0/s1. The number of nitrogens with one attached hydrogen (secondary N) is 2. The molecule has 0 fully saturated rings. The first-order valence-electron chi connectivity index (χ1n) is 6.30. The van der Waals surface area contributed by atoms with Crippen LogP contribution in [-0.2, 0) is 4.84 Å². The number of amides is 2. The summed E-state index contributed by atoms with van der Waals surface area (Å²) in [5, 5.41) is 9.51. The van der Waals surface area contributed by atoms with E-state index in [1.807, 2.05) is 45.0 Å². The summed E-state index contributed by atoms with van der Waals surface area (Å²) in [7, 11) is 0. The molecule has 2 amide bonds. The molecule has 0 saturated heterocycles. The van der Waals surface area contributed by atoms with Crippen molar-refractivity contribution in [1.82, 2.24) is 5.32 Å². The van der Waals surface area contributed by atoms with E-state index in [1.54, 1.807) is 0 Å². The molecular weight excluding hydrogens is 242 g/mol. The third-order valence-electron chi connectivity index (χ3n) is 2.95. The van der Waals surface area contributed by atoms with E-state index >= 15 is 0 Å². The van der Waals surface area contributed by atoms with E-state index in [0.29, 0.717) is 6.54 Å². The lowest BCUT2D eigenvalue weighted by Crippen LogP contribution is -2.42. The number of anilines is 1.